The van der Waals surface area contributed by atoms with Crippen LogP contribution >= 0.6 is 11.6 Å². The molecule has 0 saturated carbocycles. The number of nitrogens with one attached hydrogen (secondary N) is 1. The van der Waals surface area contributed by atoms with Gasteiger partial charge in [0.15, 0.2) is 0 Å². The Morgan fingerprint density at radius 1 is 1.15 bits per heavy atom. The molecule has 0 bridgehead atoms. The highest BCUT2D eigenvalue weighted by Gasteiger charge is 2.16. The third-order valence-electron chi connectivity index (χ3n) is 3.55. The van der Waals surface area contributed by atoms with Gasteiger partial charge in [-0.1, -0.05) is 24.3 Å². The maximum atomic E-state index is 10.6. The molecule has 0 spiro atoms. The topological polar surface area (TPSA) is 38.3 Å². The van der Waals surface area contributed by atoms with Crippen molar-refractivity contribution in [2.75, 3.05) is 0 Å². The third kappa shape index (κ3) is 2.30. The molecule has 0 radical (unpaired) electrons. The monoisotopic (exact) mass is 287 g/mol. The highest BCUT2D eigenvalue weighted by molar-refractivity contribution is 6.17. The molecule has 0 saturated heterocycles. The zero-order chi connectivity index (χ0) is 13.9. The van der Waals surface area contributed by atoms with Gasteiger partial charge < -0.3 is 10.1 Å². The summed E-state index contributed by atoms with van der Waals surface area (Å²) in [6.45, 7) is 2.20. The van der Waals surface area contributed by atoms with Crippen molar-refractivity contribution in [3.8, 4) is 16.9 Å². The standard InChI is InChI=1S/C16H14ClNO2/c17-7-11-5-12-8-18-9-13(12)6-15(11)14-3-1-2-4-16(14)20-10-19/h1-6,10,18H,7-9H2. The summed E-state index contributed by atoms with van der Waals surface area (Å²) in [5, 5.41) is 3.33. The molecule has 0 amide bonds. The Labute approximate surface area is 122 Å². The number of hydrogen-bond acceptors (Lipinski definition) is 3. The van der Waals surface area contributed by atoms with Crippen LogP contribution in [0.2, 0.25) is 0 Å². The van der Waals surface area contributed by atoms with Crippen molar-refractivity contribution in [3.63, 3.8) is 0 Å². The van der Waals surface area contributed by atoms with E-state index < -0.39 is 0 Å². The lowest BCUT2D eigenvalue weighted by atomic mass is 9.95. The molecule has 2 aromatic carbocycles. The lowest BCUT2D eigenvalue weighted by molar-refractivity contribution is -0.120. The molecule has 1 aliphatic heterocycles. The average Bonchev–Trinajstić information content (AvgIpc) is 2.94. The van der Waals surface area contributed by atoms with E-state index in [0.717, 1.165) is 29.8 Å². The van der Waals surface area contributed by atoms with Crippen molar-refractivity contribution in [1.82, 2.24) is 5.32 Å². The molecule has 3 rings (SSSR count). The number of para-hydroxylation sites is 1. The third-order valence-corrected chi connectivity index (χ3v) is 3.84. The van der Waals surface area contributed by atoms with Crippen LogP contribution in [-0.4, -0.2) is 6.47 Å². The first kappa shape index (κ1) is 13.2. The molecular formula is C16H14ClNO2. The van der Waals surface area contributed by atoms with Crippen molar-refractivity contribution in [3.05, 3.63) is 53.1 Å². The molecule has 4 heteroatoms. The van der Waals surface area contributed by atoms with E-state index >= 15 is 0 Å². The molecule has 20 heavy (non-hydrogen) atoms. The van der Waals surface area contributed by atoms with E-state index in [4.69, 9.17) is 16.3 Å². The van der Waals surface area contributed by atoms with Crippen LogP contribution in [0.25, 0.3) is 11.1 Å². The zero-order valence-electron chi connectivity index (χ0n) is 10.9. The van der Waals surface area contributed by atoms with Crippen LogP contribution in [0, 0.1) is 0 Å². The molecular weight excluding hydrogens is 274 g/mol. The van der Waals surface area contributed by atoms with Gasteiger partial charge >= 0.3 is 0 Å². The summed E-state index contributed by atoms with van der Waals surface area (Å²) in [5.41, 5.74) is 5.54. The number of halogens is 1. The van der Waals surface area contributed by atoms with Gasteiger partial charge in [0.2, 0.25) is 0 Å². The van der Waals surface area contributed by atoms with Gasteiger partial charge in [-0.25, -0.2) is 0 Å². The van der Waals surface area contributed by atoms with Gasteiger partial charge in [-0.3, -0.25) is 4.79 Å². The smallest absolute Gasteiger partial charge is 0.298 e. The first-order valence-corrected chi connectivity index (χ1v) is 6.98. The van der Waals surface area contributed by atoms with E-state index in [1.54, 1.807) is 6.07 Å². The number of rotatable bonds is 4. The molecule has 2 aromatic rings. The maximum absolute atomic E-state index is 10.6. The number of hydrogen-bond donors (Lipinski definition) is 1. The molecule has 0 aliphatic carbocycles. The number of ether oxygens (including phenoxy) is 1. The highest BCUT2D eigenvalue weighted by atomic mass is 35.5. The average molecular weight is 288 g/mol. The molecule has 3 nitrogen and oxygen atoms in total. The number of benzene rings is 2. The van der Waals surface area contributed by atoms with Gasteiger partial charge in [0.25, 0.3) is 6.47 Å². The number of fused-ring (bicyclic) bond motifs is 1. The summed E-state index contributed by atoms with van der Waals surface area (Å²) >= 11 is 6.08. The minimum atomic E-state index is 0.429. The van der Waals surface area contributed by atoms with E-state index in [1.807, 2.05) is 18.2 Å². The summed E-state index contributed by atoms with van der Waals surface area (Å²) in [5.74, 6) is 0.984. The summed E-state index contributed by atoms with van der Waals surface area (Å²) in [6, 6.07) is 11.8. The molecule has 0 fully saturated rings. The number of carbonyl (C=O) groups excluding carboxylic acids is 1. The Morgan fingerprint density at radius 3 is 2.65 bits per heavy atom. The molecule has 1 aliphatic rings. The van der Waals surface area contributed by atoms with Crippen LogP contribution < -0.4 is 10.1 Å². The van der Waals surface area contributed by atoms with Gasteiger partial charge in [0, 0.05) is 24.5 Å². The van der Waals surface area contributed by atoms with Crippen LogP contribution in [0.3, 0.4) is 0 Å². The predicted molar refractivity (Wildman–Crippen MR) is 78.7 cm³/mol. The summed E-state index contributed by atoms with van der Waals surface area (Å²) < 4.78 is 5.07. The lowest BCUT2D eigenvalue weighted by Crippen LogP contribution is -1.99. The number of carbonyl (C=O) groups is 1. The Kier molecular flexibility index (Phi) is 3.72. The van der Waals surface area contributed by atoms with Gasteiger partial charge in [-0.15, -0.1) is 11.6 Å². The van der Waals surface area contributed by atoms with Gasteiger partial charge in [-0.05, 0) is 34.4 Å². The van der Waals surface area contributed by atoms with Crippen LogP contribution in [0.4, 0.5) is 0 Å². The molecule has 1 N–H and O–H groups in total. The quantitative estimate of drug-likeness (QED) is 0.693. The number of alkyl halides is 1. The summed E-state index contributed by atoms with van der Waals surface area (Å²) in [7, 11) is 0. The van der Waals surface area contributed by atoms with Gasteiger partial charge in [0.1, 0.15) is 5.75 Å². The SMILES string of the molecule is O=COc1ccccc1-c1cc2c(cc1CCl)CNC2. The second-order valence-electron chi connectivity index (χ2n) is 4.73. The van der Waals surface area contributed by atoms with E-state index in [1.165, 1.54) is 11.1 Å². The van der Waals surface area contributed by atoms with Crippen molar-refractivity contribution in [2.45, 2.75) is 19.0 Å². The normalized spacial score (nSPS) is 13.1. The second kappa shape index (κ2) is 5.65. The Balaban J connectivity index is 2.16. The van der Waals surface area contributed by atoms with E-state index in [9.17, 15) is 4.79 Å². The fourth-order valence-electron chi connectivity index (χ4n) is 2.61. The molecule has 1 heterocycles. The van der Waals surface area contributed by atoms with Gasteiger partial charge in [0.05, 0.1) is 0 Å². The highest BCUT2D eigenvalue weighted by Crippen LogP contribution is 2.35. The van der Waals surface area contributed by atoms with Crippen molar-refractivity contribution < 1.29 is 9.53 Å². The van der Waals surface area contributed by atoms with Crippen LogP contribution in [0.1, 0.15) is 16.7 Å². The lowest BCUT2D eigenvalue weighted by Gasteiger charge is -2.13. The summed E-state index contributed by atoms with van der Waals surface area (Å²) in [4.78, 5) is 10.6. The largest absolute Gasteiger partial charge is 0.428 e. The molecule has 0 aromatic heterocycles. The van der Waals surface area contributed by atoms with Crippen LogP contribution in [0.5, 0.6) is 5.75 Å². The second-order valence-corrected chi connectivity index (χ2v) is 4.99. The first-order chi connectivity index (χ1) is 9.83. The molecule has 0 atom stereocenters. The molecule has 0 unspecified atom stereocenters. The van der Waals surface area contributed by atoms with E-state index in [2.05, 4.69) is 17.4 Å². The zero-order valence-corrected chi connectivity index (χ0v) is 11.6. The van der Waals surface area contributed by atoms with Crippen molar-refractivity contribution in [1.29, 1.82) is 0 Å². The summed E-state index contributed by atoms with van der Waals surface area (Å²) in [6.07, 6.45) is 0. The molecule has 102 valence electrons. The van der Waals surface area contributed by atoms with Crippen LogP contribution in [-0.2, 0) is 23.8 Å². The Hall–Kier alpha value is -1.84. The van der Waals surface area contributed by atoms with E-state index in [0.29, 0.717) is 18.1 Å². The first-order valence-electron chi connectivity index (χ1n) is 6.44. The van der Waals surface area contributed by atoms with Crippen molar-refractivity contribution in [2.24, 2.45) is 0 Å². The minimum absolute atomic E-state index is 0.429. The maximum Gasteiger partial charge on any atom is 0.298 e. The Morgan fingerprint density at radius 2 is 1.90 bits per heavy atom. The fraction of sp³-hybridized carbons (Fsp3) is 0.188. The fourth-order valence-corrected chi connectivity index (χ4v) is 2.83. The van der Waals surface area contributed by atoms with E-state index in [-0.39, 0.29) is 0 Å². The van der Waals surface area contributed by atoms with Gasteiger partial charge in [-0.2, -0.15) is 0 Å². The Bertz CT molecular complexity index is 655. The minimum Gasteiger partial charge on any atom is -0.428 e. The predicted octanol–water partition coefficient (Wildman–Crippen LogP) is 3.23. The van der Waals surface area contributed by atoms with Crippen LogP contribution in [0.15, 0.2) is 36.4 Å². The van der Waals surface area contributed by atoms with Crippen molar-refractivity contribution >= 4 is 18.1 Å².